The van der Waals surface area contributed by atoms with Crippen LogP contribution in [0.25, 0.3) is 5.57 Å². The molecule has 12 nitrogen and oxygen atoms in total. The topological polar surface area (TPSA) is 162 Å². The predicted octanol–water partition coefficient (Wildman–Crippen LogP) is 4.88. The SMILES string of the molecule is CCN(CC)c1ccc2c(c1)O/C(=C/C=C1/C(=O)N(CCCCCC(=O)O)C(=O)N(CCCS(=O)(=O)O)C1=O)C=C2C(C)(C)C. The molecule has 0 aliphatic carbocycles. The van der Waals surface area contributed by atoms with Gasteiger partial charge in [-0.1, -0.05) is 27.2 Å². The molecule has 13 heteroatoms. The number of benzene rings is 1. The van der Waals surface area contributed by atoms with E-state index >= 15 is 0 Å². The molecule has 2 aliphatic rings. The fourth-order valence-electron chi connectivity index (χ4n) is 5.21. The van der Waals surface area contributed by atoms with Crippen LogP contribution in [0, 0.1) is 5.41 Å². The summed E-state index contributed by atoms with van der Waals surface area (Å²) in [6.45, 7) is 11.6. The van der Waals surface area contributed by atoms with Gasteiger partial charge in [0.05, 0.1) is 5.75 Å². The number of amides is 4. The van der Waals surface area contributed by atoms with Crippen LogP contribution in [0.3, 0.4) is 0 Å². The summed E-state index contributed by atoms with van der Waals surface area (Å²) < 4.78 is 37.8. The number of hydrogen-bond donors (Lipinski definition) is 2. The molecule has 0 aromatic heterocycles. The molecule has 4 amide bonds. The summed E-state index contributed by atoms with van der Waals surface area (Å²) in [6, 6.07) is 5.13. The second-order valence-electron chi connectivity index (χ2n) is 12.0. The Balaban J connectivity index is 1.98. The average Bonchev–Trinajstić information content (AvgIpc) is 2.95. The number of rotatable bonds is 14. The van der Waals surface area contributed by atoms with Crippen molar-refractivity contribution in [3.63, 3.8) is 0 Å². The molecule has 2 heterocycles. The van der Waals surface area contributed by atoms with E-state index < -0.39 is 39.7 Å². The summed E-state index contributed by atoms with van der Waals surface area (Å²) in [4.78, 5) is 54.7. The Morgan fingerprint density at radius 1 is 0.956 bits per heavy atom. The van der Waals surface area contributed by atoms with Crippen molar-refractivity contribution in [2.24, 2.45) is 5.41 Å². The first kappa shape index (κ1) is 35.5. The average molecular weight is 646 g/mol. The molecule has 0 radical (unpaired) electrons. The molecule has 246 valence electrons. The second kappa shape index (κ2) is 14.9. The Kier molecular flexibility index (Phi) is 11.7. The number of hydrogen-bond acceptors (Lipinski definition) is 8. The van der Waals surface area contributed by atoms with Gasteiger partial charge in [0.2, 0.25) is 0 Å². The summed E-state index contributed by atoms with van der Waals surface area (Å²) in [6.07, 6.45) is 5.49. The van der Waals surface area contributed by atoms with Gasteiger partial charge in [0.25, 0.3) is 21.9 Å². The Bertz CT molecular complexity index is 1520. The highest BCUT2D eigenvalue weighted by atomic mass is 32.2. The number of carbonyl (C=O) groups excluding carboxylic acids is 3. The van der Waals surface area contributed by atoms with Gasteiger partial charge in [0.1, 0.15) is 17.1 Å². The van der Waals surface area contributed by atoms with Gasteiger partial charge in [0, 0.05) is 49.9 Å². The maximum absolute atomic E-state index is 13.4. The monoisotopic (exact) mass is 645 g/mol. The summed E-state index contributed by atoms with van der Waals surface area (Å²) >= 11 is 0. The number of allylic oxidation sites excluding steroid dienone is 4. The van der Waals surface area contributed by atoms with Crippen molar-refractivity contribution in [1.29, 1.82) is 0 Å². The molecule has 2 N–H and O–H groups in total. The minimum atomic E-state index is -4.33. The number of ether oxygens (including phenoxy) is 1. The fourth-order valence-corrected chi connectivity index (χ4v) is 5.71. The molecule has 1 saturated heterocycles. The Morgan fingerprint density at radius 3 is 2.13 bits per heavy atom. The first-order valence-electron chi connectivity index (χ1n) is 15.1. The van der Waals surface area contributed by atoms with Crippen molar-refractivity contribution in [2.75, 3.05) is 36.8 Å². The maximum Gasteiger partial charge on any atom is 0.333 e. The molecule has 1 aromatic carbocycles. The zero-order valence-electron chi connectivity index (χ0n) is 26.5. The molecule has 2 aliphatic heterocycles. The standard InChI is InChI=1S/C32H43N3O9S/c1-6-33(7-2)22-13-15-24-26(32(3,4)5)21-23(44-27(24)20-22)14-16-25-29(38)34(17-10-8-9-12-28(36)37)31(40)35(30(25)39)18-11-19-45(41,42)43/h13-16,20-21H,6-12,17-19H2,1-5H3,(H,36,37)(H,41,42,43)/b23-14+,25-16-. The molecule has 45 heavy (non-hydrogen) atoms. The van der Waals surface area contributed by atoms with Crippen LogP contribution in [0.4, 0.5) is 10.5 Å². The third-order valence-corrected chi connectivity index (χ3v) is 8.39. The minimum absolute atomic E-state index is 0.0511. The van der Waals surface area contributed by atoms with E-state index in [0.717, 1.165) is 39.7 Å². The number of barbiturate groups is 1. The van der Waals surface area contributed by atoms with Crippen LogP contribution in [-0.2, 0) is 24.5 Å². The number of unbranched alkanes of at least 4 members (excludes halogenated alkanes) is 2. The zero-order chi connectivity index (χ0) is 33.5. The third kappa shape index (κ3) is 9.27. The van der Waals surface area contributed by atoms with E-state index in [1.54, 1.807) is 0 Å². The number of carboxylic acids is 1. The molecule has 0 unspecified atom stereocenters. The molecule has 3 rings (SSSR count). The Labute approximate surface area is 264 Å². The molecule has 1 aromatic rings. The Morgan fingerprint density at radius 2 is 1.58 bits per heavy atom. The molecular weight excluding hydrogens is 602 g/mol. The van der Waals surface area contributed by atoms with Crippen molar-refractivity contribution in [3.05, 3.63) is 53.3 Å². The number of nitrogens with zero attached hydrogens (tertiary/aromatic N) is 3. The van der Waals surface area contributed by atoms with Gasteiger partial charge in [-0.3, -0.25) is 28.7 Å². The van der Waals surface area contributed by atoms with E-state index in [2.05, 4.69) is 45.6 Å². The normalized spacial score (nSPS) is 17.5. The van der Waals surface area contributed by atoms with E-state index in [1.807, 2.05) is 18.2 Å². The molecule has 0 saturated carbocycles. The fraction of sp³-hybridized carbons (Fsp3) is 0.500. The third-order valence-electron chi connectivity index (χ3n) is 7.59. The van der Waals surface area contributed by atoms with Crippen molar-refractivity contribution in [3.8, 4) is 5.75 Å². The van der Waals surface area contributed by atoms with Gasteiger partial charge in [-0.25, -0.2) is 4.79 Å². The van der Waals surface area contributed by atoms with Gasteiger partial charge in [-0.15, -0.1) is 0 Å². The second-order valence-corrected chi connectivity index (χ2v) is 13.5. The number of fused-ring (bicyclic) bond motifs is 1. The summed E-state index contributed by atoms with van der Waals surface area (Å²) in [5.41, 5.74) is 2.33. The van der Waals surface area contributed by atoms with Crippen LogP contribution >= 0.6 is 0 Å². The van der Waals surface area contributed by atoms with Crippen LogP contribution < -0.4 is 9.64 Å². The number of carbonyl (C=O) groups is 4. The zero-order valence-corrected chi connectivity index (χ0v) is 27.4. The smallest absolute Gasteiger partial charge is 0.333 e. The summed E-state index contributed by atoms with van der Waals surface area (Å²) in [7, 11) is -4.33. The summed E-state index contributed by atoms with van der Waals surface area (Å²) in [5, 5.41) is 8.87. The van der Waals surface area contributed by atoms with E-state index in [-0.39, 0.29) is 36.9 Å². The molecule has 0 bridgehead atoms. The quantitative estimate of drug-likeness (QED) is 0.123. The highest BCUT2D eigenvalue weighted by Crippen LogP contribution is 2.44. The highest BCUT2D eigenvalue weighted by Gasteiger charge is 2.41. The predicted molar refractivity (Wildman–Crippen MR) is 170 cm³/mol. The number of carboxylic acid groups (broad SMARTS) is 1. The maximum atomic E-state index is 13.4. The van der Waals surface area contributed by atoms with Gasteiger partial charge >= 0.3 is 12.0 Å². The van der Waals surface area contributed by atoms with E-state index in [4.69, 9.17) is 14.4 Å². The van der Waals surface area contributed by atoms with Crippen LogP contribution in [0.15, 0.2) is 47.8 Å². The van der Waals surface area contributed by atoms with Gasteiger partial charge in [-0.05, 0) is 74.5 Å². The number of urea groups is 1. The molecule has 1 fully saturated rings. The van der Waals surface area contributed by atoms with Crippen molar-refractivity contribution < 1.29 is 42.0 Å². The van der Waals surface area contributed by atoms with Crippen LogP contribution in [0.1, 0.15) is 72.3 Å². The van der Waals surface area contributed by atoms with E-state index in [9.17, 15) is 27.6 Å². The minimum Gasteiger partial charge on any atom is -0.481 e. The van der Waals surface area contributed by atoms with Gasteiger partial charge in [-0.2, -0.15) is 8.42 Å². The highest BCUT2D eigenvalue weighted by molar-refractivity contribution is 7.85. The number of imide groups is 2. The van der Waals surface area contributed by atoms with Crippen molar-refractivity contribution in [1.82, 2.24) is 9.80 Å². The van der Waals surface area contributed by atoms with Gasteiger partial charge < -0.3 is 14.7 Å². The lowest BCUT2D eigenvalue weighted by Crippen LogP contribution is -2.56. The van der Waals surface area contributed by atoms with E-state index in [1.165, 1.54) is 12.2 Å². The van der Waals surface area contributed by atoms with E-state index in [0.29, 0.717) is 30.8 Å². The van der Waals surface area contributed by atoms with Crippen LogP contribution in [0.2, 0.25) is 0 Å². The summed E-state index contributed by atoms with van der Waals surface area (Å²) in [5.74, 6) is -2.31. The largest absolute Gasteiger partial charge is 0.481 e. The molecule has 0 spiro atoms. The Hall–Kier alpha value is -3.97. The first-order valence-corrected chi connectivity index (χ1v) is 16.7. The molecule has 0 atom stereocenters. The lowest BCUT2D eigenvalue weighted by molar-refractivity contribution is -0.138. The van der Waals surface area contributed by atoms with Crippen molar-refractivity contribution in [2.45, 2.75) is 66.7 Å². The number of anilines is 1. The van der Waals surface area contributed by atoms with Crippen LogP contribution in [0.5, 0.6) is 5.75 Å². The first-order chi connectivity index (χ1) is 21.1. The van der Waals surface area contributed by atoms with Gasteiger partial charge in [0.15, 0.2) is 0 Å². The lowest BCUT2D eigenvalue weighted by atomic mass is 9.80. The van der Waals surface area contributed by atoms with Crippen molar-refractivity contribution >= 4 is 45.2 Å². The van der Waals surface area contributed by atoms with Crippen LogP contribution in [-0.4, -0.2) is 83.6 Å². The molecular formula is C32H43N3O9S. The number of aliphatic carboxylic acids is 1. The lowest BCUT2D eigenvalue weighted by Gasteiger charge is -2.34.